The quantitative estimate of drug-likeness (QED) is 0.775. The Hall–Kier alpha value is -1.10. The van der Waals surface area contributed by atoms with Crippen LogP contribution in [0.3, 0.4) is 0 Å². The number of hydrogen-bond donors (Lipinski definition) is 2. The summed E-state index contributed by atoms with van der Waals surface area (Å²) in [4.78, 5) is 11.5. The van der Waals surface area contributed by atoms with Crippen molar-refractivity contribution in [3.05, 3.63) is 16.3 Å². The molecule has 1 atom stereocenters. The van der Waals surface area contributed by atoms with Gasteiger partial charge in [0.25, 0.3) is 0 Å². The average Bonchev–Trinajstić information content (AvgIpc) is 2.63. The molecule has 1 fully saturated rings. The normalized spacial score (nSPS) is 21.8. The molecule has 0 saturated carbocycles. The van der Waals surface area contributed by atoms with Crippen molar-refractivity contribution < 1.29 is 0 Å². The number of aromatic nitrogens is 3. The van der Waals surface area contributed by atoms with Crippen LogP contribution in [0, 0.1) is 0 Å². The minimum atomic E-state index is -0.0841. The average molecular weight is 210 g/mol. The molecule has 0 spiro atoms. The standard InChI is InChI=1S/C10H18N4O/c1-2-7-14-9(12-13-10(14)15)8-5-3-4-6-11-8/h8,11H,2-7H2,1H3,(H,13,15). The number of piperidine rings is 1. The Morgan fingerprint density at radius 2 is 2.40 bits per heavy atom. The minimum Gasteiger partial charge on any atom is -0.307 e. The summed E-state index contributed by atoms with van der Waals surface area (Å²) in [6.45, 7) is 3.85. The largest absolute Gasteiger partial charge is 0.343 e. The first kappa shape index (κ1) is 10.4. The Morgan fingerprint density at radius 3 is 3.07 bits per heavy atom. The second kappa shape index (κ2) is 4.61. The third-order valence-electron chi connectivity index (χ3n) is 2.86. The van der Waals surface area contributed by atoms with Gasteiger partial charge in [-0.3, -0.25) is 4.57 Å². The molecule has 0 bridgehead atoms. The van der Waals surface area contributed by atoms with Gasteiger partial charge in [0.15, 0.2) is 5.82 Å². The summed E-state index contributed by atoms with van der Waals surface area (Å²) in [7, 11) is 0. The Balaban J connectivity index is 2.22. The first-order valence-corrected chi connectivity index (χ1v) is 5.71. The highest BCUT2D eigenvalue weighted by Crippen LogP contribution is 2.20. The van der Waals surface area contributed by atoms with Gasteiger partial charge in [-0.15, -0.1) is 0 Å². The van der Waals surface area contributed by atoms with Gasteiger partial charge in [-0.25, -0.2) is 9.89 Å². The first-order chi connectivity index (χ1) is 7.33. The molecule has 0 amide bonds. The summed E-state index contributed by atoms with van der Waals surface area (Å²) in [5, 5.41) is 10.1. The lowest BCUT2D eigenvalue weighted by atomic mass is 10.0. The second-order valence-electron chi connectivity index (χ2n) is 4.04. The highest BCUT2D eigenvalue weighted by atomic mass is 16.1. The lowest BCUT2D eigenvalue weighted by molar-refractivity contribution is 0.383. The zero-order chi connectivity index (χ0) is 10.7. The van der Waals surface area contributed by atoms with Gasteiger partial charge in [0.1, 0.15) is 0 Å². The van der Waals surface area contributed by atoms with E-state index in [4.69, 9.17) is 0 Å². The monoisotopic (exact) mass is 210 g/mol. The number of rotatable bonds is 3. The molecule has 1 aliphatic heterocycles. The van der Waals surface area contributed by atoms with Gasteiger partial charge in [-0.2, -0.15) is 5.10 Å². The number of H-pyrrole nitrogens is 1. The zero-order valence-electron chi connectivity index (χ0n) is 9.12. The van der Waals surface area contributed by atoms with Gasteiger partial charge in [-0.1, -0.05) is 13.3 Å². The van der Waals surface area contributed by atoms with E-state index in [9.17, 15) is 4.79 Å². The van der Waals surface area contributed by atoms with Crippen molar-refractivity contribution in [3.8, 4) is 0 Å². The molecule has 0 aliphatic carbocycles. The lowest BCUT2D eigenvalue weighted by Crippen LogP contribution is -2.31. The summed E-state index contributed by atoms with van der Waals surface area (Å²) in [5.74, 6) is 0.876. The van der Waals surface area contributed by atoms with Crippen molar-refractivity contribution in [1.29, 1.82) is 0 Å². The molecule has 1 saturated heterocycles. The van der Waals surface area contributed by atoms with Gasteiger partial charge in [-0.05, 0) is 25.8 Å². The molecular formula is C10H18N4O. The van der Waals surface area contributed by atoms with Crippen molar-refractivity contribution >= 4 is 0 Å². The van der Waals surface area contributed by atoms with Crippen LogP contribution < -0.4 is 11.0 Å². The lowest BCUT2D eigenvalue weighted by Gasteiger charge is -2.22. The third-order valence-corrected chi connectivity index (χ3v) is 2.86. The van der Waals surface area contributed by atoms with Crippen LogP contribution in [-0.2, 0) is 6.54 Å². The van der Waals surface area contributed by atoms with Gasteiger partial charge in [0.2, 0.25) is 0 Å². The van der Waals surface area contributed by atoms with E-state index < -0.39 is 0 Å². The zero-order valence-corrected chi connectivity index (χ0v) is 9.12. The van der Waals surface area contributed by atoms with Crippen molar-refractivity contribution in [2.45, 2.75) is 45.2 Å². The van der Waals surface area contributed by atoms with E-state index >= 15 is 0 Å². The van der Waals surface area contributed by atoms with Gasteiger partial charge in [0.05, 0.1) is 6.04 Å². The van der Waals surface area contributed by atoms with Gasteiger partial charge in [0, 0.05) is 6.54 Å². The predicted octanol–water partition coefficient (Wildman–Crippen LogP) is 0.796. The molecule has 2 N–H and O–H groups in total. The van der Waals surface area contributed by atoms with Crippen LogP contribution in [0.25, 0.3) is 0 Å². The molecule has 0 radical (unpaired) electrons. The van der Waals surface area contributed by atoms with Crippen LogP contribution in [0.1, 0.15) is 44.5 Å². The Morgan fingerprint density at radius 1 is 1.53 bits per heavy atom. The molecule has 1 aliphatic rings. The molecule has 5 nitrogen and oxygen atoms in total. The molecule has 84 valence electrons. The minimum absolute atomic E-state index is 0.0841. The number of nitrogens with one attached hydrogen (secondary N) is 2. The highest BCUT2D eigenvalue weighted by molar-refractivity contribution is 4.96. The Labute approximate surface area is 88.9 Å². The molecule has 1 aromatic heterocycles. The van der Waals surface area contributed by atoms with E-state index in [2.05, 4.69) is 22.4 Å². The highest BCUT2D eigenvalue weighted by Gasteiger charge is 2.20. The fourth-order valence-electron chi connectivity index (χ4n) is 2.11. The Kier molecular flexibility index (Phi) is 3.20. The first-order valence-electron chi connectivity index (χ1n) is 5.71. The van der Waals surface area contributed by atoms with E-state index in [1.165, 1.54) is 12.8 Å². The molecule has 0 aromatic carbocycles. The van der Waals surface area contributed by atoms with E-state index in [0.29, 0.717) is 0 Å². The van der Waals surface area contributed by atoms with Gasteiger partial charge >= 0.3 is 5.69 Å². The topological polar surface area (TPSA) is 62.7 Å². The van der Waals surface area contributed by atoms with Crippen molar-refractivity contribution in [1.82, 2.24) is 20.1 Å². The summed E-state index contributed by atoms with van der Waals surface area (Å²) in [6.07, 6.45) is 4.47. The van der Waals surface area contributed by atoms with E-state index in [1.54, 1.807) is 4.57 Å². The number of aromatic amines is 1. The smallest absolute Gasteiger partial charge is 0.307 e. The molecular weight excluding hydrogens is 192 g/mol. The number of hydrogen-bond acceptors (Lipinski definition) is 3. The summed E-state index contributed by atoms with van der Waals surface area (Å²) in [6, 6.07) is 0.254. The molecule has 5 heteroatoms. The van der Waals surface area contributed by atoms with Crippen molar-refractivity contribution in [2.24, 2.45) is 0 Å². The SMILES string of the molecule is CCCn1c(C2CCCCN2)n[nH]c1=O. The van der Waals surface area contributed by atoms with E-state index in [0.717, 1.165) is 31.8 Å². The maximum atomic E-state index is 11.5. The number of nitrogens with zero attached hydrogens (tertiary/aromatic N) is 2. The molecule has 2 rings (SSSR count). The predicted molar refractivity (Wildman–Crippen MR) is 57.7 cm³/mol. The molecule has 2 heterocycles. The van der Waals surface area contributed by atoms with Crippen LogP contribution in [0.2, 0.25) is 0 Å². The van der Waals surface area contributed by atoms with Crippen LogP contribution in [0.4, 0.5) is 0 Å². The molecule has 15 heavy (non-hydrogen) atoms. The van der Waals surface area contributed by atoms with Crippen LogP contribution in [-0.4, -0.2) is 21.3 Å². The summed E-state index contributed by atoms with van der Waals surface area (Å²) in [5.41, 5.74) is -0.0841. The van der Waals surface area contributed by atoms with Crippen LogP contribution >= 0.6 is 0 Å². The molecule has 1 aromatic rings. The van der Waals surface area contributed by atoms with Crippen LogP contribution in [0.15, 0.2) is 4.79 Å². The van der Waals surface area contributed by atoms with Crippen molar-refractivity contribution in [2.75, 3.05) is 6.54 Å². The maximum Gasteiger partial charge on any atom is 0.343 e. The fourth-order valence-corrected chi connectivity index (χ4v) is 2.11. The molecule has 1 unspecified atom stereocenters. The van der Waals surface area contributed by atoms with Gasteiger partial charge < -0.3 is 5.32 Å². The second-order valence-corrected chi connectivity index (χ2v) is 4.04. The fraction of sp³-hybridized carbons (Fsp3) is 0.800. The summed E-state index contributed by atoms with van der Waals surface area (Å²) < 4.78 is 1.75. The third kappa shape index (κ3) is 2.12. The summed E-state index contributed by atoms with van der Waals surface area (Å²) >= 11 is 0. The van der Waals surface area contributed by atoms with E-state index in [-0.39, 0.29) is 11.7 Å². The van der Waals surface area contributed by atoms with E-state index in [1.807, 2.05) is 0 Å². The maximum absolute atomic E-state index is 11.5. The Bertz CT molecular complexity index is 362. The van der Waals surface area contributed by atoms with Crippen molar-refractivity contribution in [3.63, 3.8) is 0 Å². The van der Waals surface area contributed by atoms with Crippen LogP contribution in [0.5, 0.6) is 0 Å².